The summed E-state index contributed by atoms with van der Waals surface area (Å²) >= 11 is 0. The lowest BCUT2D eigenvalue weighted by atomic mass is 10.2. The molecule has 108 valence electrons. The SMILES string of the molecule is CC(CS(C)(=O)=O)Nc1cccc(NS(N)(=O)=O)c1. The first-order valence-electron chi connectivity index (χ1n) is 5.40. The molecule has 1 aromatic carbocycles. The van der Waals surface area contributed by atoms with Crippen LogP contribution in [0.2, 0.25) is 0 Å². The van der Waals surface area contributed by atoms with Gasteiger partial charge in [-0.25, -0.2) is 13.6 Å². The summed E-state index contributed by atoms with van der Waals surface area (Å²) in [6, 6.07) is 6.11. The van der Waals surface area contributed by atoms with Crippen LogP contribution < -0.4 is 15.2 Å². The second kappa shape index (κ2) is 5.76. The molecule has 0 aliphatic rings. The first-order chi connectivity index (χ1) is 8.55. The molecule has 1 atom stereocenters. The molecule has 1 rings (SSSR count). The molecule has 0 bridgehead atoms. The van der Waals surface area contributed by atoms with Crippen molar-refractivity contribution in [3.63, 3.8) is 0 Å². The Labute approximate surface area is 113 Å². The highest BCUT2D eigenvalue weighted by Crippen LogP contribution is 2.16. The zero-order chi connectivity index (χ0) is 14.7. The van der Waals surface area contributed by atoms with Crippen molar-refractivity contribution in [3.05, 3.63) is 24.3 Å². The number of sulfone groups is 1. The highest BCUT2D eigenvalue weighted by Gasteiger charge is 2.10. The Morgan fingerprint density at radius 3 is 2.32 bits per heavy atom. The second-order valence-corrected chi connectivity index (χ2v) is 7.84. The molecule has 0 saturated heterocycles. The maximum absolute atomic E-state index is 11.1. The van der Waals surface area contributed by atoms with Crippen LogP contribution in [0.3, 0.4) is 0 Å². The largest absolute Gasteiger partial charge is 0.382 e. The summed E-state index contributed by atoms with van der Waals surface area (Å²) in [7, 11) is -6.90. The number of rotatable bonds is 6. The Balaban J connectivity index is 2.77. The van der Waals surface area contributed by atoms with Gasteiger partial charge >= 0.3 is 0 Å². The molecule has 7 nitrogen and oxygen atoms in total. The average molecular weight is 307 g/mol. The lowest BCUT2D eigenvalue weighted by molar-refractivity contribution is 0.597. The van der Waals surface area contributed by atoms with E-state index in [9.17, 15) is 16.8 Å². The molecule has 0 aliphatic heterocycles. The van der Waals surface area contributed by atoms with Crippen molar-refractivity contribution >= 4 is 31.4 Å². The summed E-state index contributed by atoms with van der Waals surface area (Å²) in [5.74, 6) is -0.0140. The number of anilines is 2. The number of hydrogen-bond donors (Lipinski definition) is 3. The third-order valence-electron chi connectivity index (χ3n) is 2.09. The van der Waals surface area contributed by atoms with Gasteiger partial charge in [-0.05, 0) is 25.1 Å². The molecule has 0 heterocycles. The Bertz CT molecular complexity index is 640. The van der Waals surface area contributed by atoms with Gasteiger partial charge in [-0.1, -0.05) is 6.07 Å². The van der Waals surface area contributed by atoms with Crippen LogP contribution in [0.1, 0.15) is 6.92 Å². The summed E-state index contributed by atoms with van der Waals surface area (Å²) in [5.41, 5.74) is 0.906. The van der Waals surface area contributed by atoms with Gasteiger partial charge in [0.2, 0.25) is 0 Å². The van der Waals surface area contributed by atoms with Crippen LogP contribution >= 0.6 is 0 Å². The van der Waals surface area contributed by atoms with Crippen molar-refractivity contribution in [1.29, 1.82) is 0 Å². The van der Waals surface area contributed by atoms with Crippen molar-refractivity contribution in [2.75, 3.05) is 22.0 Å². The summed E-state index contributed by atoms with van der Waals surface area (Å²) in [5, 5.41) is 7.83. The second-order valence-electron chi connectivity index (χ2n) is 4.37. The van der Waals surface area contributed by atoms with Crippen LogP contribution in [0.15, 0.2) is 24.3 Å². The molecule has 4 N–H and O–H groups in total. The van der Waals surface area contributed by atoms with E-state index in [4.69, 9.17) is 5.14 Å². The molecule has 0 fully saturated rings. The minimum atomic E-state index is -3.82. The molecular formula is C10H17N3O4S2. The van der Waals surface area contributed by atoms with Crippen LogP contribution in [-0.4, -0.2) is 34.9 Å². The van der Waals surface area contributed by atoms with E-state index in [0.717, 1.165) is 6.26 Å². The van der Waals surface area contributed by atoms with Crippen molar-refractivity contribution in [1.82, 2.24) is 0 Å². The quantitative estimate of drug-likeness (QED) is 0.691. The monoisotopic (exact) mass is 307 g/mol. The Morgan fingerprint density at radius 2 is 1.79 bits per heavy atom. The standard InChI is InChI=1S/C10H17N3O4S2/c1-8(7-18(2,14)15)12-9-4-3-5-10(6-9)13-19(11,16)17/h3-6,8,12-13H,7H2,1-2H3,(H2,11,16,17). The Hall–Kier alpha value is -1.32. The molecule has 0 aliphatic carbocycles. The predicted octanol–water partition coefficient (Wildman–Crippen LogP) is 0.147. The lowest BCUT2D eigenvalue weighted by Gasteiger charge is -2.15. The van der Waals surface area contributed by atoms with Gasteiger partial charge < -0.3 is 5.32 Å². The summed E-state index contributed by atoms with van der Waals surface area (Å²) in [4.78, 5) is 0. The highest BCUT2D eigenvalue weighted by molar-refractivity contribution is 7.90. The molecular weight excluding hydrogens is 290 g/mol. The fourth-order valence-electron chi connectivity index (χ4n) is 1.62. The molecule has 0 amide bonds. The smallest absolute Gasteiger partial charge is 0.296 e. The van der Waals surface area contributed by atoms with Crippen molar-refractivity contribution in [2.24, 2.45) is 5.14 Å². The minimum absolute atomic E-state index is 0.0140. The molecule has 0 saturated carbocycles. The van der Waals surface area contributed by atoms with E-state index < -0.39 is 20.0 Å². The van der Waals surface area contributed by atoms with Crippen molar-refractivity contribution in [2.45, 2.75) is 13.0 Å². The van der Waals surface area contributed by atoms with Gasteiger partial charge in [-0.15, -0.1) is 0 Å². The molecule has 0 aromatic heterocycles. The van der Waals surface area contributed by atoms with Crippen molar-refractivity contribution in [3.8, 4) is 0 Å². The molecule has 9 heteroatoms. The maximum Gasteiger partial charge on any atom is 0.296 e. The lowest BCUT2D eigenvalue weighted by Crippen LogP contribution is -2.25. The third kappa shape index (κ3) is 6.99. The summed E-state index contributed by atoms with van der Waals surface area (Å²) in [6.07, 6.45) is 1.16. The zero-order valence-corrected chi connectivity index (χ0v) is 12.3. The maximum atomic E-state index is 11.1. The van der Waals surface area contributed by atoms with Crippen LogP contribution in [0.5, 0.6) is 0 Å². The number of nitrogens with two attached hydrogens (primary N) is 1. The van der Waals surface area contributed by atoms with Gasteiger partial charge in [0.15, 0.2) is 0 Å². The first kappa shape index (κ1) is 15.7. The molecule has 0 spiro atoms. The third-order valence-corrected chi connectivity index (χ3v) is 3.71. The summed E-state index contributed by atoms with van der Waals surface area (Å²) in [6.45, 7) is 1.72. The average Bonchev–Trinajstić information content (AvgIpc) is 2.11. The fraction of sp³-hybridized carbons (Fsp3) is 0.400. The van der Waals surface area contributed by atoms with Gasteiger partial charge in [-0.2, -0.15) is 8.42 Å². The van der Waals surface area contributed by atoms with Gasteiger partial charge in [0.1, 0.15) is 9.84 Å². The van der Waals surface area contributed by atoms with E-state index in [1.807, 2.05) is 0 Å². The molecule has 0 radical (unpaired) electrons. The minimum Gasteiger partial charge on any atom is -0.382 e. The predicted molar refractivity (Wildman–Crippen MR) is 76.0 cm³/mol. The Morgan fingerprint density at radius 1 is 1.21 bits per heavy atom. The van der Waals surface area contributed by atoms with Gasteiger partial charge in [0.05, 0.1) is 11.4 Å². The van der Waals surface area contributed by atoms with E-state index in [2.05, 4.69) is 10.0 Å². The van der Waals surface area contributed by atoms with E-state index in [1.54, 1.807) is 19.1 Å². The van der Waals surface area contributed by atoms with Gasteiger partial charge in [0.25, 0.3) is 10.2 Å². The fourth-order valence-corrected chi connectivity index (χ4v) is 3.06. The van der Waals surface area contributed by atoms with Crippen LogP contribution in [0.25, 0.3) is 0 Å². The van der Waals surface area contributed by atoms with Gasteiger partial charge in [0, 0.05) is 18.0 Å². The molecule has 1 unspecified atom stereocenters. The normalized spacial score (nSPS) is 13.8. The number of hydrogen-bond acceptors (Lipinski definition) is 5. The molecule has 19 heavy (non-hydrogen) atoms. The van der Waals surface area contributed by atoms with Gasteiger partial charge in [-0.3, -0.25) is 4.72 Å². The number of benzene rings is 1. The molecule has 1 aromatic rings. The van der Waals surface area contributed by atoms with E-state index in [0.29, 0.717) is 11.4 Å². The zero-order valence-electron chi connectivity index (χ0n) is 10.6. The van der Waals surface area contributed by atoms with Crippen LogP contribution in [0.4, 0.5) is 11.4 Å². The van der Waals surface area contributed by atoms with E-state index in [-0.39, 0.29) is 11.8 Å². The van der Waals surface area contributed by atoms with Crippen LogP contribution in [-0.2, 0) is 20.0 Å². The Kier molecular flexibility index (Phi) is 4.77. The number of nitrogens with one attached hydrogen (secondary N) is 2. The van der Waals surface area contributed by atoms with Crippen molar-refractivity contribution < 1.29 is 16.8 Å². The van der Waals surface area contributed by atoms with E-state index in [1.165, 1.54) is 12.1 Å². The van der Waals surface area contributed by atoms with E-state index >= 15 is 0 Å². The van der Waals surface area contributed by atoms with Crippen LogP contribution in [0, 0.1) is 0 Å². The summed E-state index contributed by atoms with van der Waals surface area (Å²) < 4.78 is 46.2. The first-order valence-corrected chi connectivity index (χ1v) is 9.01. The highest BCUT2D eigenvalue weighted by atomic mass is 32.2. The topological polar surface area (TPSA) is 118 Å².